The third-order valence-electron chi connectivity index (χ3n) is 4.22. The van der Waals surface area contributed by atoms with Crippen molar-refractivity contribution in [3.05, 3.63) is 0 Å². The Labute approximate surface area is 110 Å². The molecule has 2 saturated heterocycles. The van der Waals surface area contributed by atoms with Crippen LogP contribution in [-0.4, -0.2) is 60.1 Å². The summed E-state index contributed by atoms with van der Waals surface area (Å²) in [5, 5.41) is 8.94. The van der Waals surface area contributed by atoms with Gasteiger partial charge in [-0.05, 0) is 38.1 Å². The quantitative estimate of drug-likeness (QED) is 0.817. The first kappa shape index (κ1) is 13.8. The SMILES string of the molecule is O=C(CN1CCC(CCO)C1)N1CCCCCC1. The molecule has 0 aromatic rings. The first-order chi connectivity index (χ1) is 8.79. The molecular weight excluding hydrogens is 228 g/mol. The number of amides is 1. The van der Waals surface area contributed by atoms with Gasteiger partial charge in [0.25, 0.3) is 0 Å². The minimum Gasteiger partial charge on any atom is -0.396 e. The number of carbonyl (C=O) groups is 1. The number of likely N-dealkylation sites (tertiary alicyclic amines) is 2. The van der Waals surface area contributed by atoms with Crippen LogP contribution < -0.4 is 0 Å². The largest absolute Gasteiger partial charge is 0.396 e. The number of rotatable bonds is 4. The highest BCUT2D eigenvalue weighted by atomic mass is 16.3. The molecule has 1 unspecified atom stereocenters. The number of aliphatic hydroxyl groups is 1. The minimum absolute atomic E-state index is 0.276. The maximum atomic E-state index is 12.2. The van der Waals surface area contributed by atoms with Gasteiger partial charge in [-0.3, -0.25) is 9.69 Å². The highest BCUT2D eigenvalue weighted by molar-refractivity contribution is 5.78. The lowest BCUT2D eigenvalue weighted by molar-refractivity contribution is -0.132. The van der Waals surface area contributed by atoms with Gasteiger partial charge in [0.1, 0.15) is 0 Å². The van der Waals surface area contributed by atoms with E-state index in [1.165, 1.54) is 25.7 Å². The van der Waals surface area contributed by atoms with Gasteiger partial charge in [-0.15, -0.1) is 0 Å². The van der Waals surface area contributed by atoms with E-state index in [-0.39, 0.29) is 6.61 Å². The molecule has 0 aromatic carbocycles. The van der Waals surface area contributed by atoms with Gasteiger partial charge >= 0.3 is 0 Å². The maximum Gasteiger partial charge on any atom is 0.236 e. The van der Waals surface area contributed by atoms with Crippen molar-refractivity contribution in [3.8, 4) is 0 Å². The number of carbonyl (C=O) groups excluding carboxylic acids is 1. The Morgan fingerprint density at radius 1 is 1.11 bits per heavy atom. The van der Waals surface area contributed by atoms with Gasteiger partial charge in [0.05, 0.1) is 6.54 Å². The summed E-state index contributed by atoms with van der Waals surface area (Å²) in [7, 11) is 0. The molecule has 104 valence electrons. The first-order valence-corrected chi connectivity index (χ1v) is 7.40. The van der Waals surface area contributed by atoms with E-state index in [2.05, 4.69) is 4.90 Å². The molecule has 2 rings (SSSR count). The first-order valence-electron chi connectivity index (χ1n) is 7.40. The topological polar surface area (TPSA) is 43.8 Å². The van der Waals surface area contributed by atoms with Gasteiger partial charge in [0.15, 0.2) is 0 Å². The maximum absolute atomic E-state index is 12.2. The number of hydrogen-bond donors (Lipinski definition) is 1. The summed E-state index contributed by atoms with van der Waals surface area (Å²) in [4.78, 5) is 16.5. The van der Waals surface area contributed by atoms with Gasteiger partial charge < -0.3 is 10.0 Å². The Bertz CT molecular complexity index is 263. The molecule has 2 aliphatic rings. The molecule has 2 aliphatic heterocycles. The normalized spacial score (nSPS) is 26.3. The molecule has 1 N–H and O–H groups in total. The Morgan fingerprint density at radius 3 is 2.50 bits per heavy atom. The van der Waals surface area contributed by atoms with E-state index in [1.807, 2.05) is 4.90 Å². The fraction of sp³-hybridized carbons (Fsp3) is 0.929. The molecule has 18 heavy (non-hydrogen) atoms. The fourth-order valence-electron chi connectivity index (χ4n) is 3.09. The Kier molecular flexibility index (Phi) is 5.45. The van der Waals surface area contributed by atoms with Gasteiger partial charge in [0, 0.05) is 26.2 Å². The number of hydrogen-bond acceptors (Lipinski definition) is 3. The molecule has 0 spiro atoms. The van der Waals surface area contributed by atoms with E-state index in [0.29, 0.717) is 18.4 Å². The van der Waals surface area contributed by atoms with Gasteiger partial charge in [0.2, 0.25) is 5.91 Å². The Hall–Kier alpha value is -0.610. The Morgan fingerprint density at radius 2 is 1.83 bits per heavy atom. The summed E-state index contributed by atoms with van der Waals surface area (Å²) >= 11 is 0. The van der Waals surface area contributed by atoms with E-state index in [9.17, 15) is 4.79 Å². The minimum atomic E-state index is 0.276. The van der Waals surface area contributed by atoms with Crippen molar-refractivity contribution in [1.29, 1.82) is 0 Å². The second-order valence-electron chi connectivity index (χ2n) is 5.70. The lowest BCUT2D eigenvalue weighted by atomic mass is 10.1. The highest BCUT2D eigenvalue weighted by Gasteiger charge is 2.25. The van der Waals surface area contributed by atoms with Crippen molar-refractivity contribution in [1.82, 2.24) is 9.80 Å². The molecular formula is C14H26N2O2. The predicted molar refractivity (Wildman–Crippen MR) is 71.3 cm³/mol. The van der Waals surface area contributed by atoms with E-state index in [1.54, 1.807) is 0 Å². The van der Waals surface area contributed by atoms with Crippen LogP contribution in [0.15, 0.2) is 0 Å². The van der Waals surface area contributed by atoms with E-state index >= 15 is 0 Å². The molecule has 1 amide bonds. The zero-order valence-corrected chi connectivity index (χ0v) is 11.3. The van der Waals surface area contributed by atoms with Gasteiger partial charge in [-0.25, -0.2) is 0 Å². The van der Waals surface area contributed by atoms with Crippen LogP contribution in [0.25, 0.3) is 0 Å². The predicted octanol–water partition coefficient (Wildman–Crippen LogP) is 1.09. The average Bonchev–Trinajstić information content (AvgIpc) is 2.65. The molecule has 2 fully saturated rings. The zero-order valence-electron chi connectivity index (χ0n) is 11.3. The molecule has 1 atom stereocenters. The summed E-state index contributed by atoms with van der Waals surface area (Å²) in [5.41, 5.74) is 0. The van der Waals surface area contributed by atoms with E-state index in [0.717, 1.165) is 39.0 Å². The van der Waals surface area contributed by atoms with Crippen LogP contribution in [0.2, 0.25) is 0 Å². The summed E-state index contributed by atoms with van der Waals surface area (Å²) in [6.07, 6.45) is 6.89. The molecule has 0 radical (unpaired) electrons. The van der Waals surface area contributed by atoms with Crippen LogP contribution in [-0.2, 0) is 4.79 Å². The average molecular weight is 254 g/mol. The highest BCUT2D eigenvalue weighted by Crippen LogP contribution is 2.19. The van der Waals surface area contributed by atoms with Gasteiger partial charge in [-0.2, -0.15) is 0 Å². The zero-order chi connectivity index (χ0) is 12.8. The molecule has 0 aliphatic carbocycles. The van der Waals surface area contributed by atoms with Crippen LogP contribution in [0.4, 0.5) is 0 Å². The third kappa shape index (κ3) is 3.95. The van der Waals surface area contributed by atoms with Crippen molar-refractivity contribution in [2.45, 2.75) is 38.5 Å². The molecule has 4 heteroatoms. The van der Waals surface area contributed by atoms with Gasteiger partial charge in [-0.1, -0.05) is 12.8 Å². The molecule has 0 bridgehead atoms. The molecule has 4 nitrogen and oxygen atoms in total. The van der Waals surface area contributed by atoms with E-state index < -0.39 is 0 Å². The Balaban J connectivity index is 1.73. The van der Waals surface area contributed by atoms with Crippen LogP contribution in [0, 0.1) is 5.92 Å². The second kappa shape index (κ2) is 7.10. The van der Waals surface area contributed by atoms with Crippen LogP contribution >= 0.6 is 0 Å². The monoisotopic (exact) mass is 254 g/mol. The van der Waals surface area contributed by atoms with E-state index in [4.69, 9.17) is 5.11 Å². The molecule has 0 aromatic heterocycles. The van der Waals surface area contributed by atoms with Crippen molar-refractivity contribution in [3.63, 3.8) is 0 Å². The van der Waals surface area contributed by atoms with Crippen molar-refractivity contribution < 1.29 is 9.90 Å². The van der Waals surface area contributed by atoms with Crippen LogP contribution in [0.3, 0.4) is 0 Å². The summed E-state index contributed by atoms with van der Waals surface area (Å²) in [5.74, 6) is 0.897. The van der Waals surface area contributed by atoms with Crippen LogP contribution in [0.1, 0.15) is 38.5 Å². The fourth-order valence-corrected chi connectivity index (χ4v) is 3.09. The lowest BCUT2D eigenvalue weighted by Crippen LogP contribution is -2.40. The third-order valence-corrected chi connectivity index (χ3v) is 4.22. The number of aliphatic hydroxyl groups excluding tert-OH is 1. The van der Waals surface area contributed by atoms with Crippen molar-refractivity contribution in [2.24, 2.45) is 5.92 Å². The summed E-state index contributed by atoms with van der Waals surface area (Å²) in [6.45, 7) is 4.77. The summed E-state index contributed by atoms with van der Waals surface area (Å²) < 4.78 is 0. The lowest BCUT2D eigenvalue weighted by Gasteiger charge is -2.23. The molecule has 2 heterocycles. The second-order valence-corrected chi connectivity index (χ2v) is 5.70. The van der Waals surface area contributed by atoms with Crippen LogP contribution in [0.5, 0.6) is 0 Å². The smallest absolute Gasteiger partial charge is 0.236 e. The number of nitrogens with zero attached hydrogens (tertiary/aromatic N) is 2. The standard InChI is InChI=1S/C14H26N2O2/c17-10-6-13-5-9-15(11-13)12-14(18)16-7-3-1-2-4-8-16/h13,17H,1-12H2. The summed E-state index contributed by atoms with van der Waals surface area (Å²) in [6, 6.07) is 0. The van der Waals surface area contributed by atoms with Crippen molar-refractivity contribution in [2.75, 3.05) is 39.3 Å². The van der Waals surface area contributed by atoms with Crippen molar-refractivity contribution >= 4 is 5.91 Å². The molecule has 0 saturated carbocycles.